The number of anilines is 1. The van der Waals surface area contributed by atoms with Gasteiger partial charge in [0.2, 0.25) is 5.91 Å². The first-order chi connectivity index (χ1) is 8.85. The van der Waals surface area contributed by atoms with E-state index in [9.17, 15) is 14.4 Å². The van der Waals surface area contributed by atoms with Crippen molar-refractivity contribution in [1.82, 2.24) is 5.32 Å². The SMILES string of the molecule is CC(C)(CCl)C(=O)Nc1ccc2c(c1)C(=O)NC2=O. The summed E-state index contributed by atoms with van der Waals surface area (Å²) in [6.07, 6.45) is 0. The van der Waals surface area contributed by atoms with Crippen molar-refractivity contribution < 1.29 is 14.4 Å². The summed E-state index contributed by atoms with van der Waals surface area (Å²) in [5, 5.41) is 4.88. The van der Waals surface area contributed by atoms with Gasteiger partial charge in [-0.1, -0.05) is 0 Å². The van der Waals surface area contributed by atoms with Crippen molar-refractivity contribution in [1.29, 1.82) is 0 Å². The van der Waals surface area contributed by atoms with Gasteiger partial charge in [0.25, 0.3) is 11.8 Å². The Bertz CT molecular complexity index is 581. The van der Waals surface area contributed by atoms with Crippen molar-refractivity contribution in [2.75, 3.05) is 11.2 Å². The maximum absolute atomic E-state index is 11.9. The Morgan fingerprint density at radius 3 is 2.53 bits per heavy atom. The lowest BCUT2D eigenvalue weighted by Crippen LogP contribution is -2.32. The Balaban J connectivity index is 2.25. The lowest BCUT2D eigenvalue weighted by Gasteiger charge is -2.20. The molecule has 0 spiro atoms. The average molecular weight is 281 g/mol. The van der Waals surface area contributed by atoms with Gasteiger partial charge in [0.1, 0.15) is 0 Å². The number of amides is 3. The van der Waals surface area contributed by atoms with Gasteiger partial charge < -0.3 is 5.32 Å². The van der Waals surface area contributed by atoms with Crippen molar-refractivity contribution in [3.63, 3.8) is 0 Å². The number of rotatable bonds is 3. The monoisotopic (exact) mass is 280 g/mol. The molecule has 0 saturated heterocycles. The van der Waals surface area contributed by atoms with E-state index in [0.717, 1.165) is 0 Å². The molecule has 0 saturated carbocycles. The van der Waals surface area contributed by atoms with Gasteiger partial charge in [-0.25, -0.2) is 0 Å². The lowest BCUT2D eigenvalue weighted by atomic mass is 9.95. The predicted octanol–water partition coefficient (Wildman–Crippen LogP) is 1.77. The van der Waals surface area contributed by atoms with Crippen LogP contribution in [0.5, 0.6) is 0 Å². The molecule has 0 aliphatic carbocycles. The zero-order valence-corrected chi connectivity index (χ0v) is 11.3. The second-order valence-electron chi connectivity index (χ2n) is 5.02. The smallest absolute Gasteiger partial charge is 0.259 e. The quantitative estimate of drug-likeness (QED) is 0.654. The summed E-state index contributed by atoms with van der Waals surface area (Å²) in [5.41, 5.74) is 0.344. The number of carbonyl (C=O) groups excluding carboxylic acids is 3. The highest BCUT2D eigenvalue weighted by atomic mass is 35.5. The minimum atomic E-state index is -0.710. The number of nitrogens with one attached hydrogen (secondary N) is 2. The van der Waals surface area contributed by atoms with Crippen molar-refractivity contribution >= 4 is 35.0 Å². The number of hydrogen-bond acceptors (Lipinski definition) is 3. The van der Waals surface area contributed by atoms with E-state index < -0.39 is 17.2 Å². The highest BCUT2D eigenvalue weighted by molar-refractivity contribution is 6.22. The molecule has 5 nitrogen and oxygen atoms in total. The molecule has 0 bridgehead atoms. The Hall–Kier alpha value is -1.88. The number of imide groups is 1. The summed E-state index contributed by atoms with van der Waals surface area (Å²) >= 11 is 5.72. The first kappa shape index (κ1) is 13.5. The molecular weight excluding hydrogens is 268 g/mol. The summed E-state index contributed by atoms with van der Waals surface area (Å²) in [6.45, 7) is 3.44. The van der Waals surface area contributed by atoms with Crippen molar-refractivity contribution in [2.45, 2.75) is 13.8 Å². The molecular formula is C13H13ClN2O3. The number of hydrogen-bond donors (Lipinski definition) is 2. The molecule has 3 amide bonds. The summed E-state index contributed by atoms with van der Waals surface area (Å²) in [7, 11) is 0. The van der Waals surface area contributed by atoms with Gasteiger partial charge in [-0.2, -0.15) is 0 Å². The fourth-order valence-electron chi connectivity index (χ4n) is 1.61. The summed E-state index contributed by atoms with van der Waals surface area (Å²) in [4.78, 5) is 34.8. The molecule has 0 atom stereocenters. The van der Waals surface area contributed by atoms with Crippen LogP contribution in [0.15, 0.2) is 18.2 Å². The van der Waals surface area contributed by atoms with E-state index in [0.29, 0.717) is 11.3 Å². The minimum Gasteiger partial charge on any atom is -0.326 e. The largest absolute Gasteiger partial charge is 0.326 e. The molecule has 1 aliphatic heterocycles. The third-order valence-corrected chi connectivity index (χ3v) is 3.61. The highest BCUT2D eigenvalue weighted by Gasteiger charge is 2.29. The van der Waals surface area contributed by atoms with Crippen LogP contribution < -0.4 is 10.6 Å². The summed E-state index contributed by atoms with van der Waals surface area (Å²) in [6, 6.07) is 4.58. The van der Waals surface area contributed by atoms with Gasteiger partial charge >= 0.3 is 0 Å². The fraction of sp³-hybridized carbons (Fsp3) is 0.308. The maximum Gasteiger partial charge on any atom is 0.259 e. The summed E-state index contributed by atoms with van der Waals surface area (Å²) < 4.78 is 0. The number of benzene rings is 1. The average Bonchev–Trinajstić information content (AvgIpc) is 2.64. The van der Waals surface area contributed by atoms with Gasteiger partial charge in [-0.3, -0.25) is 19.7 Å². The first-order valence-electron chi connectivity index (χ1n) is 5.72. The Labute approximate surface area is 115 Å². The van der Waals surface area contributed by atoms with Crippen LogP contribution in [0.3, 0.4) is 0 Å². The highest BCUT2D eigenvalue weighted by Crippen LogP contribution is 2.23. The maximum atomic E-state index is 11.9. The van der Waals surface area contributed by atoms with E-state index in [1.807, 2.05) is 0 Å². The molecule has 0 fully saturated rings. The van der Waals surface area contributed by atoms with Crippen LogP contribution >= 0.6 is 11.6 Å². The number of halogens is 1. The predicted molar refractivity (Wildman–Crippen MR) is 71.4 cm³/mol. The molecule has 0 radical (unpaired) electrons. The molecule has 2 rings (SSSR count). The van der Waals surface area contributed by atoms with Crippen LogP contribution in [0.25, 0.3) is 0 Å². The molecule has 1 aromatic rings. The van der Waals surface area contributed by atoms with Crippen LogP contribution in [-0.2, 0) is 4.79 Å². The summed E-state index contributed by atoms with van der Waals surface area (Å²) in [5.74, 6) is -0.929. The van der Waals surface area contributed by atoms with Crippen molar-refractivity contribution in [3.05, 3.63) is 29.3 Å². The molecule has 2 N–H and O–H groups in total. The number of carbonyl (C=O) groups is 3. The van der Waals surface area contributed by atoms with Gasteiger partial charge in [0.05, 0.1) is 16.5 Å². The van der Waals surface area contributed by atoms with Crippen LogP contribution in [0.2, 0.25) is 0 Å². The molecule has 0 unspecified atom stereocenters. The van der Waals surface area contributed by atoms with E-state index >= 15 is 0 Å². The molecule has 100 valence electrons. The standard InChI is InChI=1S/C13H13ClN2O3/c1-13(2,6-14)12(19)15-7-3-4-8-9(5-7)11(18)16-10(8)17/h3-5H,6H2,1-2H3,(H,15,19)(H,16,17,18). The molecule has 1 aromatic carbocycles. The van der Waals surface area contributed by atoms with E-state index in [-0.39, 0.29) is 17.4 Å². The number of fused-ring (bicyclic) bond motifs is 1. The van der Waals surface area contributed by atoms with Crippen molar-refractivity contribution in [2.24, 2.45) is 5.41 Å². The van der Waals surface area contributed by atoms with Crippen LogP contribution in [0.4, 0.5) is 5.69 Å². The molecule has 6 heteroatoms. The fourth-order valence-corrected chi connectivity index (χ4v) is 1.73. The zero-order valence-electron chi connectivity index (χ0n) is 10.5. The third-order valence-electron chi connectivity index (χ3n) is 2.94. The second kappa shape index (κ2) is 4.66. The van der Waals surface area contributed by atoms with E-state index in [2.05, 4.69) is 10.6 Å². The molecule has 0 aromatic heterocycles. The van der Waals surface area contributed by atoms with Gasteiger partial charge in [-0.15, -0.1) is 11.6 Å². The zero-order chi connectivity index (χ0) is 14.2. The van der Waals surface area contributed by atoms with Crippen LogP contribution in [0, 0.1) is 5.41 Å². The van der Waals surface area contributed by atoms with E-state index in [1.54, 1.807) is 19.9 Å². The normalized spacial score (nSPS) is 14.1. The third kappa shape index (κ3) is 2.46. The minimum absolute atomic E-state index is 0.183. The molecule has 19 heavy (non-hydrogen) atoms. The van der Waals surface area contributed by atoms with Gasteiger partial charge in [0, 0.05) is 11.6 Å². The lowest BCUT2D eigenvalue weighted by molar-refractivity contribution is -0.122. The van der Waals surface area contributed by atoms with Crippen LogP contribution in [0.1, 0.15) is 34.6 Å². The van der Waals surface area contributed by atoms with Crippen molar-refractivity contribution in [3.8, 4) is 0 Å². The van der Waals surface area contributed by atoms with Crippen LogP contribution in [-0.4, -0.2) is 23.6 Å². The second-order valence-corrected chi connectivity index (χ2v) is 5.28. The molecule has 1 aliphatic rings. The Kier molecular flexibility index (Phi) is 3.32. The first-order valence-corrected chi connectivity index (χ1v) is 6.26. The van der Waals surface area contributed by atoms with E-state index in [4.69, 9.17) is 11.6 Å². The van der Waals surface area contributed by atoms with Gasteiger partial charge in [-0.05, 0) is 32.0 Å². The van der Waals surface area contributed by atoms with E-state index in [1.165, 1.54) is 12.1 Å². The Morgan fingerprint density at radius 1 is 1.26 bits per heavy atom. The number of alkyl halides is 1. The Morgan fingerprint density at radius 2 is 1.89 bits per heavy atom. The van der Waals surface area contributed by atoms with Gasteiger partial charge in [0.15, 0.2) is 0 Å². The molecule has 1 heterocycles. The topological polar surface area (TPSA) is 75.3 Å².